The van der Waals surface area contributed by atoms with Crippen molar-refractivity contribution in [2.75, 3.05) is 32.7 Å². The second-order valence-corrected chi connectivity index (χ2v) is 8.38. The van der Waals surface area contributed by atoms with Crippen molar-refractivity contribution in [3.63, 3.8) is 0 Å². The minimum atomic E-state index is -3.51. The molecule has 26 heavy (non-hydrogen) atoms. The van der Waals surface area contributed by atoms with E-state index in [0.29, 0.717) is 32.7 Å². The summed E-state index contributed by atoms with van der Waals surface area (Å²) in [6, 6.07) is 7.94. The van der Waals surface area contributed by atoms with Gasteiger partial charge < -0.3 is 15.2 Å². The maximum atomic E-state index is 12.9. The SMILES string of the molecule is O=C([C@H]1NCCc2[nH]cnc21)N1CCN(S(=O)(=O)c2ccccc2)CC1. The maximum Gasteiger partial charge on any atom is 0.246 e. The highest BCUT2D eigenvalue weighted by Gasteiger charge is 2.35. The first kappa shape index (κ1) is 17.2. The first-order valence-electron chi connectivity index (χ1n) is 8.67. The fraction of sp³-hybridized carbons (Fsp3) is 0.412. The van der Waals surface area contributed by atoms with E-state index in [9.17, 15) is 13.2 Å². The van der Waals surface area contributed by atoms with Crippen LogP contribution in [0.3, 0.4) is 0 Å². The molecule has 1 fully saturated rings. The summed E-state index contributed by atoms with van der Waals surface area (Å²) in [5.41, 5.74) is 1.74. The Morgan fingerprint density at radius 2 is 1.85 bits per heavy atom. The van der Waals surface area contributed by atoms with E-state index in [1.54, 1.807) is 41.6 Å². The van der Waals surface area contributed by atoms with E-state index in [0.717, 1.165) is 17.8 Å². The quantitative estimate of drug-likeness (QED) is 0.795. The number of hydrogen-bond donors (Lipinski definition) is 2. The zero-order chi connectivity index (χ0) is 18.1. The summed E-state index contributed by atoms with van der Waals surface area (Å²) in [6.07, 6.45) is 2.44. The number of amides is 1. The number of H-pyrrole nitrogens is 1. The van der Waals surface area contributed by atoms with E-state index in [1.807, 2.05) is 0 Å². The fourth-order valence-corrected chi connectivity index (χ4v) is 4.94. The standard InChI is InChI=1S/C17H21N5O3S/c23-17(16-15-14(6-7-18-16)19-12-20-15)21-8-10-22(11-9-21)26(24,25)13-4-2-1-3-5-13/h1-5,12,16,18H,6-11H2,(H,19,20)/t16-/m0/s1. The first-order valence-corrected chi connectivity index (χ1v) is 10.1. The molecule has 2 aromatic rings. The zero-order valence-electron chi connectivity index (χ0n) is 14.3. The van der Waals surface area contributed by atoms with Gasteiger partial charge >= 0.3 is 0 Å². The number of hydrogen-bond acceptors (Lipinski definition) is 5. The van der Waals surface area contributed by atoms with Crippen LogP contribution in [0, 0.1) is 0 Å². The van der Waals surface area contributed by atoms with Crippen molar-refractivity contribution in [3.05, 3.63) is 48.0 Å². The average molecular weight is 375 g/mol. The van der Waals surface area contributed by atoms with E-state index in [2.05, 4.69) is 15.3 Å². The van der Waals surface area contributed by atoms with Gasteiger partial charge in [-0.05, 0) is 12.1 Å². The molecule has 2 N–H and O–H groups in total. The van der Waals surface area contributed by atoms with Crippen LogP contribution < -0.4 is 5.32 Å². The number of aromatic nitrogens is 2. The van der Waals surface area contributed by atoms with Crippen LogP contribution in [0.15, 0.2) is 41.6 Å². The van der Waals surface area contributed by atoms with Crippen LogP contribution in [-0.2, 0) is 21.2 Å². The van der Waals surface area contributed by atoms with Gasteiger partial charge in [0.1, 0.15) is 6.04 Å². The molecule has 2 aliphatic heterocycles. The van der Waals surface area contributed by atoms with Crippen LogP contribution in [0.4, 0.5) is 0 Å². The molecule has 9 heteroatoms. The molecular weight excluding hydrogens is 354 g/mol. The number of nitrogens with one attached hydrogen (secondary N) is 2. The van der Waals surface area contributed by atoms with Gasteiger partial charge in [-0.25, -0.2) is 13.4 Å². The van der Waals surface area contributed by atoms with Gasteiger partial charge in [-0.15, -0.1) is 0 Å². The van der Waals surface area contributed by atoms with Crippen LogP contribution in [0.5, 0.6) is 0 Å². The highest BCUT2D eigenvalue weighted by molar-refractivity contribution is 7.89. The molecule has 1 amide bonds. The smallest absolute Gasteiger partial charge is 0.246 e. The number of rotatable bonds is 3. The molecule has 2 aliphatic rings. The van der Waals surface area contributed by atoms with E-state index < -0.39 is 16.1 Å². The maximum absolute atomic E-state index is 12.9. The molecule has 1 aromatic heterocycles. The molecule has 0 aliphatic carbocycles. The van der Waals surface area contributed by atoms with Gasteiger partial charge in [0.05, 0.1) is 16.9 Å². The molecule has 0 spiro atoms. The predicted octanol–water partition coefficient (Wildman–Crippen LogP) is 0.130. The van der Waals surface area contributed by atoms with Crippen LogP contribution in [-0.4, -0.2) is 66.2 Å². The number of piperazine rings is 1. The summed E-state index contributed by atoms with van der Waals surface area (Å²) in [6.45, 7) is 2.06. The number of nitrogens with zero attached hydrogens (tertiary/aromatic N) is 3. The van der Waals surface area contributed by atoms with E-state index in [-0.39, 0.29) is 10.8 Å². The highest BCUT2D eigenvalue weighted by atomic mass is 32.2. The number of benzene rings is 1. The van der Waals surface area contributed by atoms with Crippen molar-refractivity contribution in [1.82, 2.24) is 24.5 Å². The van der Waals surface area contributed by atoms with Crippen molar-refractivity contribution in [1.29, 1.82) is 0 Å². The van der Waals surface area contributed by atoms with Gasteiger partial charge in [-0.2, -0.15) is 4.31 Å². The third-order valence-corrected chi connectivity index (χ3v) is 6.84. The largest absolute Gasteiger partial charge is 0.348 e. The molecule has 0 radical (unpaired) electrons. The molecule has 8 nitrogen and oxygen atoms in total. The number of fused-ring (bicyclic) bond motifs is 1. The lowest BCUT2D eigenvalue weighted by Gasteiger charge is -2.36. The normalized spacial score (nSPS) is 21.4. The monoisotopic (exact) mass is 375 g/mol. The Kier molecular flexibility index (Phi) is 4.51. The Bertz CT molecular complexity index is 888. The minimum Gasteiger partial charge on any atom is -0.348 e. The van der Waals surface area contributed by atoms with Crippen molar-refractivity contribution in [2.45, 2.75) is 17.4 Å². The van der Waals surface area contributed by atoms with Crippen molar-refractivity contribution >= 4 is 15.9 Å². The molecule has 0 bridgehead atoms. The van der Waals surface area contributed by atoms with Crippen LogP contribution in [0.1, 0.15) is 17.4 Å². The van der Waals surface area contributed by atoms with Gasteiger partial charge in [0, 0.05) is 44.8 Å². The molecule has 1 atom stereocenters. The number of carbonyl (C=O) groups is 1. The zero-order valence-corrected chi connectivity index (χ0v) is 15.1. The Hall–Kier alpha value is -2.23. The molecule has 1 saturated heterocycles. The molecular formula is C17H21N5O3S. The number of imidazole rings is 1. The summed E-state index contributed by atoms with van der Waals surface area (Å²) >= 11 is 0. The summed E-state index contributed by atoms with van der Waals surface area (Å²) in [5, 5.41) is 3.22. The molecule has 4 rings (SSSR count). The Labute approximate surface area is 152 Å². The Morgan fingerprint density at radius 1 is 1.12 bits per heavy atom. The van der Waals surface area contributed by atoms with E-state index in [1.165, 1.54) is 4.31 Å². The summed E-state index contributed by atoms with van der Waals surface area (Å²) in [5.74, 6) is -0.0465. The van der Waals surface area contributed by atoms with Gasteiger partial charge in [-0.3, -0.25) is 4.79 Å². The Morgan fingerprint density at radius 3 is 2.58 bits per heavy atom. The van der Waals surface area contributed by atoms with Crippen LogP contribution >= 0.6 is 0 Å². The number of sulfonamides is 1. The second kappa shape index (κ2) is 6.82. The minimum absolute atomic E-state index is 0.0465. The van der Waals surface area contributed by atoms with E-state index >= 15 is 0 Å². The average Bonchev–Trinajstić information content (AvgIpc) is 3.17. The molecule has 0 unspecified atom stereocenters. The van der Waals surface area contributed by atoms with Crippen molar-refractivity contribution in [2.24, 2.45) is 0 Å². The van der Waals surface area contributed by atoms with Crippen LogP contribution in [0.25, 0.3) is 0 Å². The number of aromatic amines is 1. The van der Waals surface area contributed by atoms with Crippen molar-refractivity contribution < 1.29 is 13.2 Å². The summed E-state index contributed by atoms with van der Waals surface area (Å²) in [7, 11) is -3.51. The molecule has 138 valence electrons. The summed E-state index contributed by atoms with van der Waals surface area (Å²) in [4.78, 5) is 22.2. The second-order valence-electron chi connectivity index (χ2n) is 6.45. The van der Waals surface area contributed by atoms with Gasteiger partial charge in [0.25, 0.3) is 0 Å². The van der Waals surface area contributed by atoms with Gasteiger partial charge in [-0.1, -0.05) is 18.2 Å². The summed E-state index contributed by atoms with van der Waals surface area (Å²) < 4.78 is 26.8. The lowest BCUT2D eigenvalue weighted by molar-refractivity contribution is -0.135. The first-order chi connectivity index (χ1) is 12.6. The van der Waals surface area contributed by atoms with Gasteiger partial charge in [0.15, 0.2) is 0 Å². The van der Waals surface area contributed by atoms with E-state index in [4.69, 9.17) is 0 Å². The fourth-order valence-electron chi connectivity index (χ4n) is 3.50. The Balaban J connectivity index is 1.44. The molecule has 3 heterocycles. The third kappa shape index (κ3) is 3.02. The molecule has 1 aromatic carbocycles. The van der Waals surface area contributed by atoms with Crippen LogP contribution in [0.2, 0.25) is 0 Å². The topological polar surface area (TPSA) is 98.4 Å². The third-order valence-electron chi connectivity index (χ3n) is 4.93. The highest BCUT2D eigenvalue weighted by Crippen LogP contribution is 2.23. The predicted molar refractivity (Wildman–Crippen MR) is 94.8 cm³/mol. The lowest BCUT2D eigenvalue weighted by Crippen LogP contribution is -2.53. The molecule has 0 saturated carbocycles. The van der Waals surface area contributed by atoms with Crippen molar-refractivity contribution in [3.8, 4) is 0 Å². The number of carbonyl (C=O) groups excluding carboxylic acids is 1. The lowest BCUT2D eigenvalue weighted by atomic mass is 10.0. The van der Waals surface area contributed by atoms with Gasteiger partial charge in [0.2, 0.25) is 15.9 Å².